The second-order valence-corrected chi connectivity index (χ2v) is 11.9. The fourth-order valence-corrected chi connectivity index (χ4v) is 6.29. The van der Waals surface area contributed by atoms with Crippen LogP contribution in [0.5, 0.6) is 17.2 Å². The van der Waals surface area contributed by atoms with Gasteiger partial charge in [-0.25, -0.2) is 4.39 Å². The molecule has 10 heteroatoms. The van der Waals surface area contributed by atoms with E-state index < -0.39 is 23.7 Å². The van der Waals surface area contributed by atoms with Crippen LogP contribution in [0.3, 0.4) is 0 Å². The van der Waals surface area contributed by atoms with Gasteiger partial charge in [-0.3, -0.25) is 19.7 Å². The fraction of sp³-hybridized carbons (Fsp3) is 0.237. The number of piperidine rings is 1. The average molecular weight is 650 g/mol. The minimum atomic E-state index is -0.748. The van der Waals surface area contributed by atoms with Gasteiger partial charge in [-0.1, -0.05) is 43.3 Å². The van der Waals surface area contributed by atoms with Gasteiger partial charge in [0.2, 0.25) is 11.8 Å². The van der Waals surface area contributed by atoms with Crippen molar-refractivity contribution < 1.29 is 33.7 Å². The number of nitrogens with zero attached hydrogens (tertiary/aromatic N) is 1. The third-order valence-corrected chi connectivity index (χ3v) is 8.72. The Kier molecular flexibility index (Phi) is 9.54. The quantitative estimate of drug-likeness (QED) is 0.0955. The molecule has 0 saturated carbocycles. The maximum atomic E-state index is 15.0. The maximum Gasteiger partial charge on any atom is 0.255 e. The summed E-state index contributed by atoms with van der Waals surface area (Å²) < 4.78 is 20.9. The van der Waals surface area contributed by atoms with Crippen LogP contribution in [0.1, 0.15) is 64.4 Å². The molecular weight excluding hydrogens is 613 g/mol. The highest BCUT2D eigenvalue weighted by Crippen LogP contribution is 2.36. The molecule has 0 spiro atoms. The number of carbonyl (C=O) groups is 3. The number of amides is 3. The predicted molar refractivity (Wildman–Crippen MR) is 179 cm³/mol. The van der Waals surface area contributed by atoms with Gasteiger partial charge in [-0.2, -0.15) is 0 Å². The molecule has 0 bridgehead atoms. The third kappa shape index (κ3) is 6.94. The molecule has 1 unspecified atom stereocenters. The van der Waals surface area contributed by atoms with E-state index in [1.54, 1.807) is 30.3 Å². The summed E-state index contributed by atoms with van der Waals surface area (Å²) in [6.45, 7) is 3.27. The number of aromatic hydroxyl groups is 2. The molecule has 1 atom stereocenters. The molecule has 3 amide bonds. The third-order valence-electron chi connectivity index (χ3n) is 8.72. The van der Waals surface area contributed by atoms with Crippen molar-refractivity contribution in [2.75, 3.05) is 13.2 Å². The van der Waals surface area contributed by atoms with Crippen LogP contribution in [0.25, 0.3) is 11.1 Å². The van der Waals surface area contributed by atoms with Gasteiger partial charge in [0.05, 0.1) is 0 Å². The number of halogens is 1. The molecule has 1 saturated heterocycles. The van der Waals surface area contributed by atoms with E-state index in [1.807, 2.05) is 48.5 Å². The smallest absolute Gasteiger partial charge is 0.255 e. The monoisotopic (exact) mass is 649 g/mol. The van der Waals surface area contributed by atoms with Gasteiger partial charge in [0.25, 0.3) is 5.91 Å². The van der Waals surface area contributed by atoms with E-state index in [0.29, 0.717) is 30.0 Å². The van der Waals surface area contributed by atoms with Crippen molar-refractivity contribution in [3.63, 3.8) is 0 Å². The molecule has 2 heterocycles. The molecule has 48 heavy (non-hydrogen) atoms. The number of hydrogen-bond donors (Lipinski definition) is 4. The molecule has 0 aliphatic carbocycles. The number of fused-ring (bicyclic) bond motifs is 1. The van der Waals surface area contributed by atoms with E-state index in [1.165, 1.54) is 11.0 Å². The van der Waals surface area contributed by atoms with Gasteiger partial charge in [0, 0.05) is 37.2 Å². The number of imide groups is 1. The topological polar surface area (TPSA) is 128 Å². The van der Waals surface area contributed by atoms with Gasteiger partial charge in [-0.05, 0) is 94.8 Å². The van der Waals surface area contributed by atoms with Crippen molar-refractivity contribution in [2.45, 2.75) is 45.3 Å². The van der Waals surface area contributed by atoms with E-state index in [4.69, 9.17) is 4.74 Å². The first-order chi connectivity index (χ1) is 23.2. The zero-order valence-corrected chi connectivity index (χ0v) is 26.5. The SMILES string of the molecule is CC/C(=C(/c1ccc(O)cc1)c1ccc(OCCNCc2cc3c(cc2F)C(=O)N(C2CCC(=O)NC2=O)C3)cc1)c1ccc(O)cc1. The summed E-state index contributed by atoms with van der Waals surface area (Å²) >= 11 is 0. The summed E-state index contributed by atoms with van der Waals surface area (Å²) in [6.07, 6.45) is 1.15. The summed E-state index contributed by atoms with van der Waals surface area (Å²) in [5, 5.41) is 25.2. The number of phenolic OH excluding ortho intramolecular Hbond substituents is 2. The molecule has 2 aliphatic rings. The number of hydrogen-bond acceptors (Lipinski definition) is 7. The Balaban J connectivity index is 1.08. The van der Waals surface area contributed by atoms with Crippen molar-refractivity contribution in [3.05, 3.63) is 124 Å². The van der Waals surface area contributed by atoms with Gasteiger partial charge in [0.1, 0.15) is 35.7 Å². The van der Waals surface area contributed by atoms with Gasteiger partial charge in [0.15, 0.2) is 0 Å². The number of ether oxygens (including phenoxy) is 1. The number of phenols is 2. The fourth-order valence-electron chi connectivity index (χ4n) is 6.29. The van der Waals surface area contributed by atoms with Crippen LogP contribution in [0, 0.1) is 5.82 Å². The van der Waals surface area contributed by atoms with Crippen LogP contribution < -0.4 is 15.4 Å². The standard InChI is InChI=1S/C38H36FN3O6/c1-2-31(23-3-9-28(43)10-4-23)36(24-5-11-29(44)12-6-24)25-7-13-30(14-8-25)48-18-17-40-21-26-19-27-22-42(38(47)32(27)20-33(26)39)34-15-16-35(45)41-37(34)46/h3-14,19-20,34,40,43-44H,2,15-18,21-22H2,1H3,(H,41,45,46)/b36-31+. The van der Waals surface area contributed by atoms with E-state index in [-0.39, 0.29) is 48.9 Å². The summed E-state index contributed by atoms with van der Waals surface area (Å²) in [7, 11) is 0. The van der Waals surface area contributed by atoms with Gasteiger partial charge >= 0.3 is 0 Å². The maximum absolute atomic E-state index is 15.0. The highest BCUT2D eigenvalue weighted by Gasteiger charge is 2.39. The Labute approximate surface area is 277 Å². The number of carbonyl (C=O) groups excluding carboxylic acids is 3. The highest BCUT2D eigenvalue weighted by molar-refractivity contribution is 6.05. The Hall–Kier alpha value is -5.48. The minimum absolute atomic E-state index is 0.158. The number of rotatable bonds is 11. The lowest BCUT2D eigenvalue weighted by atomic mass is 9.88. The summed E-state index contributed by atoms with van der Waals surface area (Å²) in [5.41, 5.74) is 6.30. The summed E-state index contributed by atoms with van der Waals surface area (Å²) in [6, 6.07) is 24.1. The van der Waals surface area contributed by atoms with Gasteiger partial charge < -0.3 is 25.2 Å². The van der Waals surface area contributed by atoms with Crippen molar-refractivity contribution in [1.82, 2.24) is 15.5 Å². The van der Waals surface area contributed by atoms with Crippen LogP contribution in [0.15, 0.2) is 84.9 Å². The minimum Gasteiger partial charge on any atom is -0.508 e. The van der Waals surface area contributed by atoms with E-state index in [2.05, 4.69) is 17.6 Å². The molecular formula is C38H36FN3O6. The first kappa shape index (κ1) is 32.5. The first-order valence-corrected chi connectivity index (χ1v) is 15.9. The Morgan fingerprint density at radius 3 is 2.17 bits per heavy atom. The summed E-state index contributed by atoms with van der Waals surface area (Å²) in [4.78, 5) is 38.2. The zero-order valence-electron chi connectivity index (χ0n) is 26.5. The van der Waals surface area contributed by atoms with Crippen LogP contribution >= 0.6 is 0 Å². The predicted octanol–water partition coefficient (Wildman–Crippen LogP) is 5.54. The Bertz CT molecular complexity index is 1870. The van der Waals surface area contributed by atoms with E-state index in [9.17, 15) is 29.0 Å². The number of benzene rings is 4. The molecule has 4 N–H and O–H groups in total. The van der Waals surface area contributed by atoms with Crippen LogP contribution in [0.4, 0.5) is 4.39 Å². The van der Waals surface area contributed by atoms with Crippen molar-refractivity contribution in [2.24, 2.45) is 0 Å². The molecule has 246 valence electrons. The lowest BCUT2D eigenvalue weighted by Crippen LogP contribution is -2.52. The molecule has 2 aliphatic heterocycles. The highest BCUT2D eigenvalue weighted by atomic mass is 19.1. The van der Waals surface area contributed by atoms with Crippen LogP contribution in [-0.2, 0) is 22.7 Å². The van der Waals surface area contributed by atoms with Crippen molar-refractivity contribution in [3.8, 4) is 17.2 Å². The molecule has 1 fully saturated rings. The summed E-state index contributed by atoms with van der Waals surface area (Å²) in [5.74, 6) is -0.721. The molecule has 4 aromatic carbocycles. The lowest BCUT2D eigenvalue weighted by Gasteiger charge is -2.29. The molecule has 0 aromatic heterocycles. The van der Waals surface area contributed by atoms with E-state index in [0.717, 1.165) is 34.3 Å². The second-order valence-electron chi connectivity index (χ2n) is 11.9. The van der Waals surface area contributed by atoms with Crippen molar-refractivity contribution >= 4 is 28.9 Å². The Morgan fingerprint density at radius 1 is 0.917 bits per heavy atom. The lowest BCUT2D eigenvalue weighted by molar-refractivity contribution is -0.136. The number of nitrogens with one attached hydrogen (secondary N) is 2. The molecule has 4 aromatic rings. The second kappa shape index (κ2) is 14.1. The van der Waals surface area contributed by atoms with Gasteiger partial charge in [-0.15, -0.1) is 0 Å². The molecule has 0 radical (unpaired) electrons. The van der Waals surface area contributed by atoms with E-state index >= 15 is 0 Å². The normalized spacial score (nSPS) is 16.4. The number of allylic oxidation sites excluding steroid dienone is 1. The van der Waals surface area contributed by atoms with Crippen LogP contribution in [0.2, 0.25) is 0 Å². The van der Waals surface area contributed by atoms with Crippen LogP contribution in [-0.4, -0.2) is 52.0 Å². The molecule has 6 rings (SSSR count). The zero-order chi connectivity index (χ0) is 33.8. The first-order valence-electron chi connectivity index (χ1n) is 15.9. The van der Waals surface area contributed by atoms with Crippen molar-refractivity contribution in [1.29, 1.82) is 0 Å². The molecule has 9 nitrogen and oxygen atoms in total. The average Bonchev–Trinajstić information content (AvgIpc) is 3.39. The Morgan fingerprint density at radius 2 is 1.54 bits per heavy atom. The largest absolute Gasteiger partial charge is 0.508 e.